The Morgan fingerprint density at radius 1 is 1.13 bits per heavy atom. The van der Waals surface area contributed by atoms with Gasteiger partial charge in [0.1, 0.15) is 11.9 Å². The molecule has 2 aromatic heterocycles. The molecule has 1 N–H and O–H groups in total. The summed E-state index contributed by atoms with van der Waals surface area (Å²) in [5.41, 5.74) is 2.82. The molecule has 31 heavy (non-hydrogen) atoms. The lowest BCUT2D eigenvalue weighted by Gasteiger charge is -2.28. The lowest BCUT2D eigenvalue weighted by Crippen LogP contribution is -2.37. The number of aliphatic hydroxyl groups excluding tert-OH is 1. The standard InChI is InChI=1S/C21H23F2N5O3/c1-14-3-2-4-15(11-14)16-5-6-28(26-16)19-12-18(27-7-9-30-10-8-27)24-20(25-19)17(13-29)31-21(22)23/h2-6,11-12,17,21,29H,7-10,13H2,1H3/t17-/m1/s1. The number of halogens is 2. The van der Waals surface area contributed by atoms with E-state index in [9.17, 15) is 13.9 Å². The maximum Gasteiger partial charge on any atom is 0.346 e. The molecule has 1 atom stereocenters. The number of hydrogen-bond donors (Lipinski definition) is 1. The van der Waals surface area contributed by atoms with Gasteiger partial charge in [-0.05, 0) is 19.1 Å². The quantitative estimate of drug-likeness (QED) is 0.616. The van der Waals surface area contributed by atoms with Crippen LogP contribution in [-0.2, 0) is 9.47 Å². The number of aromatic nitrogens is 4. The zero-order chi connectivity index (χ0) is 21.8. The number of benzene rings is 1. The fraction of sp³-hybridized carbons (Fsp3) is 0.381. The van der Waals surface area contributed by atoms with Crippen molar-refractivity contribution in [1.29, 1.82) is 0 Å². The van der Waals surface area contributed by atoms with Crippen LogP contribution in [0.5, 0.6) is 0 Å². The van der Waals surface area contributed by atoms with Crippen molar-refractivity contribution in [2.24, 2.45) is 0 Å². The summed E-state index contributed by atoms with van der Waals surface area (Å²) in [6, 6.07) is 11.5. The number of morpholine rings is 1. The molecule has 0 saturated carbocycles. The van der Waals surface area contributed by atoms with Gasteiger partial charge in [0.15, 0.2) is 11.6 Å². The van der Waals surface area contributed by atoms with E-state index in [2.05, 4.69) is 19.8 Å². The van der Waals surface area contributed by atoms with Crippen LogP contribution in [0, 0.1) is 6.92 Å². The topological polar surface area (TPSA) is 85.5 Å². The van der Waals surface area contributed by atoms with Crippen molar-refractivity contribution >= 4 is 5.82 Å². The molecule has 1 aromatic carbocycles. The monoisotopic (exact) mass is 431 g/mol. The third-order valence-electron chi connectivity index (χ3n) is 4.91. The van der Waals surface area contributed by atoms with Crippen molar-refractivity contribution in [3.63, 3.8) is 0 Å². The summed E-state index contributed by atoms with van der Waals surface area (Å²) in [4.78, 5) is 10.7. The molecule has 0 spiro atoms. The van der Waals surface area contributed by atoms with E-state index in [-0.39, 0.29) is 5.82 Å². The van der Waals surface area contributed by atoms with Gasteiger partial charge in [0.25, 0.3) is 0 Å². The number of hydrogen-bond acceptors (Lipinski definition) is 7. The second kappa shape index (κ2) is 9.46. The number of nitrogens with zero attached hydrogens (tertiary/aromatic N) is 5. The molecule has 10 heteroatoms. The summed E-state index contributed by atoms with van der Waals surface area (Å²) in [6.45, 7) is 0.532. The average molecular weight is 431 g/mol. The maximum atomic E-state index is 12.8. The fourth-order valence-corrected chi connectivity index (χ4v) is 3.38. The van der Waals surface area contributed by atoms with Gasteiger partial charge in [-0.25, -0.2) is 14.6 Å². The Balaban J connectivity index is 1.73. The van der Waals surface area contributed by atoms with E-state index in [0.717, 1.165) is 16.8 Å². The normalized spacial score (nSPS) is 15.5. The Kier molecular flexibility index (Phi) is 6.50. The Labute approximate surface area is 178 Å². The van der Waals surface area contributed by atoms with Crippen LogP contribution < -0.4 is 4.90 Å². The van der Waals surface area contributed by atoms with Crippen LogP contribution in [0.4, 0.5) is 14.6 Å². The van der Waals surface area contributed by atoms with Crippen LogP contribution in [0.1, 0.15) is 17.5 Å². The van der Waals surface area contributed by atoms with Crippen LogP contribution >= 0.6 is 0 Å². The third kappa shape index (κ3) is 5.04. The van der Waals surface area contributed by atoms with Gasteiger partial charge in [-0.3, -0.25) is 0 Å². The highest BCUT2D eigenvalue weighted by molar-refractivity contribution is 5.60. The Hall–Kier alpha value is -2.95. The highest BCUT2D eigenvalue weighted by Crippen LogP contribution is 2.24. The van der Waals surface area contributed by atoms with E-state index in [4.69, 9.17) is 4.74 Å². The van der Waals surface area contributed by atoms with E-state index >= 15 is 0 Å². The molecular formula is C21H23F2N5O3. The summed E-state index contributed by atoms with van der Waals surface area (Å²) in [5, 5.41) is 14.2. The van der Waals surface area contributed by atoms with Crippen LogP contribution in [0.25, 0.3) is 17.1 Å². The number of alkyl halides is 2. The zero-order valence-electron chi connectivity index (χ0n) is 17.0. The Morgan fingerprint density at radius 3 is 2.61 bits per heavy atom. The summed E-state index contributed by atoms with van der Waals surface area (Å²) in [7, 11) is 0. The predicted octanol–water partition coefficient (Wildman–Crippen LogP) is 2.75. The van der Waals surface area contributed by atoms with Crippen molar-refractivity contribution in [2.75, 3.05) is 37.8 Å². The fourth-order valence-electron chi connectivity index (χ4n) is 3.38. The minimum absolute atomic E-state index is 0.0330. The molecule has 0 aliphatic carbocycles. The summed E-state index contributed by atoms with van der Waals surface area (Å²) in [6.07, 6.45) is 0.390. The molecule has 1 aliphatic heterocycles. The molecule has 1 saturated heterocycles. The molecule has 0 unspecified atom stereocenters. The number of rotatable bonds is 7. The molecular weight excluding hydrogens is 408 g/mol. The van der Waals surface area contributed by atoms with Crippen molar-refractivity contribution in [3.05, 3.63) is 54.0 Å². The second-order valence-corrected chi connectivity index (χ2v) is 7.12. The van der Waals surface area contributed by atoms with E-state index < -0.39 is 19.3 Å². The number of ether oxygens (including phenoxy) is 2. The third-order valence-corrected chi connectivity index (χ3v) is 4.91. The second-order valence-electron chi connectivity index (χ2n) is 7.12. The smallest absolute Gasteiger partial charge is 0.346 e. The van der Waals surface area contributed by atoms with Gasteiger partial charge in [-0.1, -0.05) is 23.8 Å². The van der Waals surface area contributed by atoms with Gasteiger partial charge in [-0.2, -0.15) is 13.9 Å². The minimum atomic E-state index is -3.06. The first-order chi connectivity index (χ1) is 15.0. The molecule has 3 aromatic rings. The van der Waals surface area contributed by atoms with E-state index in [1.807, 2.05) is 42.2 Å². The molecule has 4 rings (SSSR count). The van der Waals surface area contributed by atoms with Crippen molar-refractivity contribution in [1.82, 2.24) is 19.7 Å². The molecule has 0 bridgehead atoms. The molecule has 1 fully saturated rings. The molecule has 3 heterocycles. The van der Waals surface area contributed by atoms with E-state index in [1.54, 1.807) is 16.9 Å². The van der Waals surface area contributed by atoms with Gasteiger partial charge in [0.05, 0.1) is 25.5 Å². The number of anilines is 1. The Morgan fingerprint density at radius 2 is 1.90 bits per heavy atom. The van der Waals surface area contributed by atoms with Crippen LogP contribution in [0.3, 0.4) is 0 Å². The van der Waals surface area contributed by atoms with Crippen LogP contribution in [-0.4, -0.2) is 64.4 Å². The highest BCUT2D eigenvalue weighted by atomic mass is 19.3. The molecule has 8 nitrogen and oxygen atoms in total. The summed E-state index contributed by atoms with van der Waals surface area (Å²) >= 11 is 0. The van der Waals surface area contributed by atoms with Crippen LogP contribution in [0.2, 0.25) is 0 Å². The van der Waals surface area contributed by atoms with Gasteiger partial charge >= 0.3 is 6.61 Å². The van der Waals surface area contributed by atoms with Gasteiger partial charge in [0.2, 0.25) is 0 Å². The van der Waals surface area contributed by atoms with Gasteiger partial charge < -0.3 is 19.5 Å². The summed E-state index contributed by atoms with van der Waals surface area (Å²) < 4.78 is 37.1. The van der Waals surface area contributed by atoms with Crippen molar-refractivity contribution in [3.8, 4) is 17.1 Å². The summed E-state index contributed by atoms with van der Waals surface area (Å²) in [5.74, 6) is 0.892. The van der Waals surface area contributed by atoms with Gasteiger partial charge in [-0.15, -0.1) is 0 Å². The largest absolute Gasteiger partial charge is 0.393 e. The highest BCUT2D eigenvalue weighted by Gasteiger charge is 2.23. The Bertz CT molecular complexity index is 1020. The van der Waals surface area contributed by atoms with Crippen LogP contribution in [0.15, 0.2) is 42.6 Å². The van der Waals surface area contributed by atoms with E-state index in [1.165, 1.54) is 0 Å². The predicted molar refractivity (Wildman–Crippen MR) is 109 cm³/mol. The lowest BCUT2D eigenvalue weighted by atomic mass is 10.1. The van der Waals surface area contributed by atoms with Crippen molar-refractivity contribution < 1.29 is 23.4 Å². The molecule has 0 radical (unpaired) electrons. The SMILES string of the molecule is Cc1cccc(-c2ccn(-c3cc(N4CCOCC4)nc([C@@H](CO)OC(F)F)n3)n2)c1. The average Bonchev–Trinajstić information content (AvgIpc) is 3.28. The molecule has 164 valence electrons. The van der Waals surface area contributed by atoms with Gasteiger partial charge in [0, 0.05) is 30.9 Å². The maximum absolute atomic E-state index is 12.8. The first-order valence-electron chi connectivity index (χ1n) is 9.92. The first kappa shape index (κ1) is 21.3. The molecule has 0 amide bonds. The minimum Gasteiger partial charge on any atom is -0.393 e. The van der Waals surface area contributed by atoms with Crippen molar-refractivity contribution in [2.45, 2.75) is 19.6 Å². The first-order valence-corrected chi connectivity index (χ1v) is 9.92. The number of aryl methyl sites for hydroxylation is 1. The number of aliphatic hydroxyl groups is 1. The van der Waals surface area contributed by atoms with E-state index in [0.29, 0.717) is 37.9 Å². The lowest BCUT2D eigenvalue weighted by molar-refractivity contribution is -0.176. The zero-order valence-corrected chi connectivity index (χ0v) is 17.0. The molecule has 1 aliphatic rings.